The van der Waals surface area contributed by atoms with E-state index in [9.17, 15) is 13.6 Å². The van der Waals surface area contributed by atoms with Crippen LogP contribution >= 0.6 is 0 Å². The number of ether oxygens (including phenoxy) is 2. The Kier molecular flexibility index (Phi) is 15.0. The zero-order valence-corrected chi connectivity index (χ0v) is 24.1. The van der Waals surface area contributed by atoms with Crippen molar-refractivity contribution in [2.75, 3.05) is 0 Å². The number of benzene rings is 2. The van der Waals surface area contributed by atoms with Crippen LogP contribution in [-0.2, 0) is 25.7 Å². The third-order valence-electron chi connectivity index (χ3n) is 7.17. The number of carbonyl (C=O) groups is 1. The fraction of sp³-hybridized carbons (Fsp3) is 0.606. The fourth-order valence-electron chi connectivity index (χ4n) is 4.97. The van der Waals surface area contributed by atoms with E-state index < -0.39 is 6.16 Å². The van der Waals surface area contributed by atoms with E-state index >= 15 is 0 Å². The molecule has 0 saturated carbocycles. The first-order valence-corrected chi connectivity index (χ1v) is 15.0. The number of hydrogen-bond acceptors (Lipinski definition) is 3. The molecule has 0 amide bonds. The Labute approximate surface area is 229 Å². The van der Waals surface area contributed by atoms with Gasteiger partial charge in [-0.15, -0.1) is 0 Å². The molecule has 5 heteroatoms. The van der Waals surface area contributed by atoms with Crippen molar-refractivity contribution in [3.05, 3.63) is 58.2 Å². The Morgan fingerprint density at radius 3 is 1.16 bits per heavy atom. The molecule has 3 nitrogen and oxygen atoms in total. The minimum absolute atomic E-state index is 0.248. The van der Waals surface area contributed by atoms with Gasteiger partial charge in [0.25, 0.3) is 0 Å². The van der Waals surface area contributed by atoms with E-state index in [0.29, 0.717) is 48.3 Å². The highest BCUT2D eigenvalue weighted by molar-refractivity contribution is 5.69. The molecule has 0 fully saturated rings. The average molecular weight is 531 g/mol. The molecule has 2 rings (SSSR count). The van der Waals surface area contributed by atoms with Gasteiger partial charge in [0.05, 0.1) is 0 Å². The Balaban J connectivity index is 2.31. The lowest BCUT2D eigenvalue weighted by atomic mass is 9.95. The van der Waals surface area contributed by atoms with Crippen LogP contribution in [-0.4, -0.2) is 6.16 Å². The zero-order valence-electron chi connectivity index (χ0n) is 24.1. The van der Waals surface area contributed by atoms with Gasteiger partial charge in [-0.2, -0.15) is 0 Å². The van der Waals surface area contributed by atoms with Crippen LogP contribution in [0, 0.1) is 11.6 Å². The van der Waals surface area contributed by atoms with Crippen molar-refractivity contribution in [3.63, 3.8) is 0 Å². The van der Waals surface area contributed by atoms with Gasteiger partial charge in [0.1, 0.15) is 23.1 Å². The van der Waals surface area contributed by atoms with Gasteiger partial charge in [-0.3, -0.25) is 0 Å². The van der Waals surface area contributed by atoms with Crippen LogP contribution in [0.25, 0.3) is 0 Å². The van der Waals surface area contributed by atoms with Crippen LogP contribution in [0.5, 0.6) is 11.5 Å². The molecule has 0 saturated heterocycles. The summed E-state index contributed by atoms with van der Waals surface area (Å²) in [7, 11) is 0. The standard InChI is InChI=1S/C33H48F2O3/c1-5-9-13-17-25-27(19-15-11-7-3)31(23-21-29(25)34)37-33(36)38-32-24-22-30(35)26(18-14-10-6-2)28(32)20-16-12-8-4/h21-24H,5-20H2,1-4H3. The van der Waals surface area contributed by atoms with E-state index in [0.717, 1.165) is 88.2 Å². The molecule has 2 aromatic rings. The summed E-state index contributed by atoms with van der Waals surface area (Å²) in [6.45, 7) is 8.49. The first-order chi connectivity index (χ1) is 18.5. The average Bonchev–Trinajstić information content (AvgIpc) is 2.90. The molecule has 0 aliphatic heterocycles. The van der Waals surface area contributed by atoms with Gasteiger partial charge < -0.3 is 9.47 Å². The van der Waals surface area contributed by atoms with E-state index in [4.69, 9.17) is 9.47 Å². The minimum atomic E-state index is -0.865. The van der Waals surface area contributed by atoms with Crippen molar-refractivity contribution in [1.29, 1.82) is 0 Å². The summed E-state index contributed by atoms with van der Waals surface area (Å²) >= 11 is 0. The van der Waals surface area contributed by atoms with Crippen molar-refractivity contribution >= 4 is 6.16 Å². The van der Waals surface area contributed by atoms with Crippen molar-refractivity contribution in [1.82, 2.24) is 0 Å². The summed E-state index contributed by atoms with van der Waals surface area (Å²) in [6.07, 6.45) is 13.5. The maximum Gasteiger partial charge on any atom is 0.519 e. The first kappa shape index (κ1) is 31.8. The number of unbranched alkanes of at least 4 members (excludes halogenated alkanes) is 8. The maximum atomic E-state index is 14.9. The normalized spacial score (nSPS) is 11.1. The summed E-state index contributed by atoms with van der Waals surface area (Å²) in [5, 5.41) is 0. The van der Waals surface area contributed by atoms with E-state index in [1.807, 2.05) is 0 Å². The lowest BCUT2D eigenvalue weighted by Gasteiger charge is -2.18. The summed E-state index contributed by atoms with van der Waals surface area (Å²) in [4.78, 5) is 13.0. The third-order valence-corrected chi connectivity index (χ3v) is 7.17. The van der Waals surface area contributed by atoms with Crippen LogP contribution in [0.3, 0.4) is 0 Å². The number of hydrogen-bond donors (Lipinski definition) is 0. The van der Waals surface area contributed by atoms with Crippen LogP contribution in [0.15, 0.2) is 24.3 Å². The van der Waals surface area contributed by atoms with Crippen molar-refractivity contribution in [2.45, 2.75) is 130 Å². The SMILES string of the molecule is CCCCCc1c(F)ccc(OC(=O)Oc2ccc(F)c(CCCCC)c2CCCCC)c1CCCCC. The Morgan fingerprint density at radius 2 is 0.842 bits per heavy atom. The molecule has 38 heavy (non-hydrogen) atoms. The second-order valence-electron chi connectivity index (χ2n) is 10.3. The highest BCUT2D eigenvalue weighted by atomic mass is 19.1. The largest absolute Gasteiger partial charge is 0.519 e. The second kappa shape index (κ2) is 18.0. The summed E-state index contributed by atoms with van der Waals surface area (Å²) in [6, 6.07) is 5.83. The highest BCUT2D eigenvalue weighted by Gasteiger charge is 2.21. The van der Waals surface area contributed by atoms with Crippen LogP contribution in [0.1, 0.15) is 127 Å². The van der Waals surface area contributed by atoms with Gasteiger partial charge in [-0.25, -0.2) is 13.6 Å². The number of rotatable bonds is 18. The molecule has 0 aliphatic rings. The molecule has 0 atom stereocenters. The van der Waals surface area contributed by atoms with E-state index in [-0.39, 0.29) is 11.6 Å². The molecule has 2 aromatic carbocycles. The molecule has 0 aromatic heterocycles. The van der Waals surface area contributed by atoms with Gasteiger partial charge in [-0.1, -0.05) is 79.1 Å². The third kappa shape index (κ3) is 10.0. The molecular formula is C33H48F2O3. The summed E-state index contributed by atoms with van der Waals surface area (Å²) < 4.78 is 41.1. The van der Waals surface area contributed by atoms with Gasteiger partial charge in [0, 0.05) is 11.1 Å². The number of halogens is 2. The first-order valence-electron chi connectivity index (χ1n) is 15.0. The molecule has 0 bridgehead atoms. The predicted octanol–water partition coefficient (Wildman–Crippen LogP) is 10.5. The van der Waals surface area contributed by atoms with E-state index in [2.05, 4.69) is 27.7 Å². The smallest absolute Gasteiger partial charge is 0.394 e. The molecule has 0 aliphatic carbocycles. The van der Waals surface area contributed by atoms with E-state index in [1.54, 1.807) is 0 Å². The van der Waals surface area contributed by atoms with Crippen molar-refractivity contribution < 1.29 is 23.0 Å². The number of carbonyl (C=O) groups excluding carboxylic acids is 1. The van der Waals surface area contributed by atoms with Gasteiger partial charge in [-0.05, 0) is 86.8 Å². The van der Waals surface area contributed by atoms with Gasteiger partial charge in [0.2, 0.25) is 0 Å². The van der Waals surface area contributed by atoms with Gasteiger partial charge >= 0.3 is 6.16 Å². The topological polar surface area (TPSA) is 35.5 Å². The summed E-state index contributed by atoms with van der Waals surface area (Å²) in [5.74, 6) is 0.220. The monoisotopic (exact) mass is 530 g/mol. The van der Waals surface area contributed by atoms with E-state index in [1.165, 1.54) is 24.3 Å². The fourth-order valence-corrected chi connectivity index (χ4v) is 4.97. The Hall–Kier alpha value is -2.43. The zero-order chi connectivity index (χ0) is 27.8. The molecule has 212 valence electrons. The van der Waals surface area contributed by atoms with Gasteiger partial charge in [0.15, 0.2) is 0 Å². The maximum absolute atomic E-state index is 14.9. The van der Waals surface area contributed by atoms with Crippen LogP contribution in [0.2, 0.25) is 0 Å². The van der Waals surface area contributed by atoms with Crippen molar-refractivity contribution in [2.24, 2.45) is 0 Å². The molecule has 0 heterocycles. The van der Waals surface area contributed by atoms with Crippen LogP contribution in [0.4, 0.5) is 13.6 Å². The minimum Gasteiger partial charge on any atom is -0.394 e. The molecule has 0 radical (unpaired) electrons. The molecular weight excluding hydrogens is 482 g/mol. The summed E-state index contributed by atoms with van der Waals surface area (Å²) in [5.41, 5.74) is 2.79. The van der Waals surface area contributed by atoms with Crippen molar-refractivity contribution in [3.8, 4) is 11.5 Å². The molecule has 0 N–H and O–H groups in total. The lowest BCUT2D eigenvalue weighted by Crippen LogP contribution is -2.17. The highest BCUT2D eigenvalue weighted by Crippen LogP contribution is 2.32. The quantitative estimate of drug-likeness (QED) is 0.109. The predicted molar refractivity (Wildman–Crippen MR) is 152 cm³/mol. The second-order valence-corrected chi connectivity index (χ2v) is 10.3. The molecule has 0 spiro atoms. The van der Waals surface area contributed by atoms with Crippen LogP contribution < -0.4 is 9.47 Å². The molecule has 0 unspecified atom stereocenters. The lowest BCUT2D eigenvalue weighted by molar-refractivity contribution is 0.150. The Bertz CT molecular complexity index is 909. The Morgan fingerprint density at radius 1 is 0.526 bits per heavy atom.